The molecule has 2 amide bonds. The Balaban J connectivity index is 2.23. The van der Waals surface area contributed by atoms with E-state index in [0.717, 1.165) is 18.2 Å². The Bertz CT molecular complexity index is 432. The number of alkyl halides is 1. The Morgan fingerprint density at radius 1 is 1.00 bits per heavy atom. The third-order valence-electron chi connectivity index (χ3n) is 2.99. The molecule has 0 spiro atoms. The zero-order valence-corrected chi connectivity index (χ0v) is 13.1. The first-order chi connectivity index (χ1) is 9.63. The first kappa shape index (κ1) is 16.7. The lowest BCUT2D eigenvalue weighted by molar-refractivity contribution is -0.116. The van der Waals surface area contributed by atoms with Gasteiger partial charge in [-0.25, -0.2) is 0 Å². The molecule has 1 aromatic rings. The maximum absolute atomic E-state index is 11.7. The monoisotopic (exact) mass is 340 g/mol. The Hall–Kier alpha value is -1.36. The number of carbonyl (C=O) groups is 2. The van der Waals surface area contributed by atoms with Crippen LogP contribution in [0.2, 0.25) is 0 Å². The molecule has 0 aliphatic heterocycles. The van der Waals surface area contributed by atoms with Crippen molar-refractivity contribution in [3.05, 3.63) is 29.8 Å². The second-order valence-electron chi connectivity index (χ2n) is 4.70. The average Bonchev–Trinajstić information content (AvgIpc) is 2.43. The van der Waals surface area contributed by atoms with Crippen LogP contribution in [0.1, 0.15) is 48.9 Å². The Morgan fingerprint density at radius 3 is 2.20 bits per heavy atom. The predicted molar refractivity (Wildman–Crippen MR) is 85.1 cm³/mol. The van der Waals surface area contributed by atoms with E-state index in [1.165, 1.54) is 19.3 Å². The molecule has 1 aromatic carbocycles. The quantitative estimate of drug-likeness (QED) is 0.533. The third-order valence-corrected chi connectivity index (χ3v) is 3.55. The minimum atomic E-state index is -0.466. The second kappa shape index (κ2) is 9.53. The average molecular weight is 341 g/mol. The molecule has 5 heteroatoms. The van der Waals surface area contributed by atoms with E-state index >= 15 is 0 Å². The number of nitrogens with one attached hydrogen (secondary N) is 1. The molecule has 0 fully saturated rings. The van der Waals surface area contributed by atoms with E-state index in [9.17, 15) is 9.59 Å². The lowest BCUT2D eigenvalue weighted by Crippen LogP contribution is -2.13. The number of unbranched alkanes of at least 4 members (excludes halogenated alkanes) is 4. The minimum Gasteiger partial charge on any atom is -0.366 e. The largest absolute Gasteiger partial charge is 0.366 e. The summed E-state index contributed by atoms with van der Waals surface area (Å²) >= 11 is 3.40. The second-order valence-corrected chi connectivity index (χ2v) is 5.49. The Kier molecular flexibility index (Phi) is 7.95. The SMILES string of the molecule is NC(=O)c1ccc(NC(=O)CCCCCCCBr)cc1. The number of halogens is 1. The molecule has 0 aromatic heterocycles. The van der Waals surface area contributed by atoms with Crippen molar-refractivity contribution in [3.8, 4) is 0 Å². The number of benzene rings is 1. The summed E-state index contributed by atoms with van der Waals surface area (Å²) in [7, 11) is 0. The van der Waals surface area contributed by atoms with Crippen molar-refractivity contribution >= 4 is 33.4 Å². The smallest absolute Gasteiger partial charge is 0.248 e. The summed E-state index contributed by atoms with van der Waals surface area (Å²) in [5.41, 5.74) is 6.28. The van der Waals surface area contributed by atoms with Gasteiger partial charge in [-0.05, 0) is 37.1 Å². The fraction of sp³-hybridized carbons (Fsp3) is 0.467. The molecule has 0 aliphatic carbocycles. The molecule has 0 aliphatic rings. The van der Waals surface area contributed by atoms with Crippen molar-refractivity contribution in [3.63, 3.8) is 0 Å². The van der Waals surface area contributed by atoms with Crippen molar-refractivity contribution in [1.29, 1.82) is 0 Å². The lowest BCUT2D eigenvalue weighted by Gasteiger charge is -2.05. The van der Waals surface area contributed by atoms with Crippen LogP contribution in [-0.2, 0) is 4.79 Å². The number of nitrogens with two attached hydrogens (primary N) is 1. The van der Waals surface area contributed by atoms with E-state index in [-0.39, 0.29) is 5.91 Å². The van der Waals surface area contributed by atoms with E-state index in [4.69, 9.17) is 5.73 Å². The van der Waals surface area contributed by atoms with Crippen molar-refractivity contribution < 1.29 is 9.59 Å². The summed E-state index contributed by atoms with van der Waals surface area (Å²) in [5, 5.41) is 3.86. The van der Waals surface area contributed by atoms with Crippen LogP contribution < -0.4 is 11.1 Å². The first-order valence-electron chi connectivity index (χ1n) is 6.89. The van der Waals surface area contributed by atoms with Gasteiger partial charge >= 0.3 is 0 Å². The molecule has 0 unspecified atom stereocenters. The van der Waals surface area contributed by atoms with Gasteiger partial charge in [0.15, 0.2) is 0 Å². The minimum absolute atomic E-state index is 0.0114. The highest BCUT2D eigenvalue weighted by molar-refractivity contribution is 9.09. The summed E-state index contributed by atoms with van der Waals surface area (Å²) in [6.45, 7) is 0. The maximum atomic E-state index is 11.7. The van der Waals surface area contributed by atoms with Gasteiger partial charge in [0.2, 0.25) is 11.8 Å². The third kappa shape index (κ3) is 6.70. The fourth-order valence-electron chi connectivity index (χ4n) is 1.85. The lowest BCUT2D eigenvalue weighted by atomic mass is 10.1. The molecule has 0 atom stereocenters. The van der Waals surface area contributed by atoms with Gasteiger partial charge in [0, 0.05) is 23.0 Å². The van der Waals surface area contributed by atoms with Gasteiger partial charge in [-0.1, -0.05) is 35.2 Å². The molecule has 0 radical (unpaired) electrons. The van der Waals surface area contributed by atoms with Gasteiger partial charge < -0.3 is 11.1 Å². The summed E-state index contributed by atoms with van der Waals surface area (Å²) in [4.78, 5) is 22.6. The van der Waals surface area contributed by atoms with E-state index < -0.39 is 5.91 Å². The standard InChI is InChI=1S/C15H21BrN2O2/c16-11-5-3-1-2-4-6-14(19)18-13-9-7-12(8-10-13)15(17)20/h7-10H,1-6,11H2,(H2,17,20)(H,18,19). The summed E-state index contributed by atoms with van der Waals surface area (Å²) in [6.07, 6.45) is 6.10. The van der Waals surface area contributed by atoms with E-state index in [2.05, 4.69) is 21.2 Å². The summed E-state index contributed by atoms with van der Waals surface area (Å²) in [6, 6.07) is 6.60. The molecular weight excluding hydrogens is 320 g/mol. The molecular formula is C15H21BrN2O2. The summed E-state index contributed by atoms with van der Waals surface area (Å²) < 4.78 is 0. The van der Waals surface area contributed by atoms with Crippen LogP contribution in [0.25, 0.3) is 0 Å². The molecule has 110 valence electrons. The van der Waals surface area contributed by atoms with Crippen molar-refractivity contribution in [1.82, 2.24) is 0 Å². The van der Waals surface area contributed by atoms with Gasteiger partial charge in [-0.3, -0.25) is 9.59 Å². The van der Waals surface area contributed by atoms with Crippen LogP contribution in [0.3, 0.4) is 0 Å². The molecule has 0 saturated carbocycles. The molecule has 1 rings (SSSR count). The van der Waals surface area contributed by atoms with Crippen molar-refractivity contribution in [2.45, 2.75) is 38.5 Å². The zero-order chi connectivity index (χ0) is 14.8. The van der Waals surface area contributed by atoms with Crippen LogP contribution in [0.4, 0.5) is 5.69 Å². The molecule has 4 nitrogen and oxygen atoms in total. The van der Waals surface area contributed by atoms with E-state index in [0.29, 0.717) is 17.7 Å². The highest BCUT2D eigenvalue weighted by atomic mass is 79.9. The maximum Gasteiger partial charge on any atom is 0.248 e. The predicted octanol–water partition coefficient (Wildman–Crippen LogP) is 3.46. The first-order valence-corrected chi connectivity index (χ1v) is 8.01. The highest BCUT2D eigenvalue weighted by Gasteiger charge is 2.04. The number of rotatable bonds is 9. The summed E-state index contributed by atoms with van der Waals surface area (Å²) in [5.74, 6) is -0.455. The number of anilines is 1. The Labute approximate surface area is 128 Å². The van der Waals surface area contributed by atoms with Crippen LogP contribution >= 0.6 is 15.9 Å². The molecule has 20 heavy (non-hydrogen) atoms. The molecule has 0 heterocycles. The topological polar surface area (TPSA) is 72.2 Å². The number of carbonyl (C=O) groups excluding carboxylic acids is 2. The molecule has 0 saturated heterocycles. The zero-order valence-electron chi connectivity index (χ0n) is 11.5. The van der Waals surface area contributed by atoms with Crippen LogP contribution in [0, 0.1) is 0 Å². The van der Waals surface area contributed by atoms with E-state index in [1.54, 1.807) is 24.3 Å². The van der Waals surface area contributed by atoms with Gasteiger partial charge in [0.25, 0.3) is 0 Å². The van der Waals surface area contributed by atoms with E-state index in [1.807, 2.05) is 0 Å². The van der Waals surface area contributed by atoms with Crippen molar-refractivity contribution in [2.75, 3.05) is 10.6 Å². The van der Waals surface area contributed by atoms with Gasteiger partial charge in [0.05, 0.1) is 0 Å². The normalized spacial score (nSPS) is 10.2. The van der Waals surface area contributed by atoms with Gasteiger partial charge in [-0.15, -0.1) is 0 Å². The van der Waals surface area contributed by atoms with Crippen molar-refractivity contribution in [2.24, 2.45) is 5.73 Å². The van der Waals surface area contributed by atoms with Gasteiger partial charge in [0.1, 0.15) is 0 Å². The van der Waals surface area contributed by atoms with Gasteiger partial charge in [-0.2, -0.15) is 0 Å². The highest BCUT2D eigenvalue weighted by Crippen LogP contribution is 2.11. The fourth-order valence-corrected chi connectivity index (χ4v) is 2.25. The number of hydrogen-bond donors (Lipinski definition) is 2. The van der Waals surface area contributed by atoms with Crippen LogP contribution in [-0.4, -0.2) is 17.1 Å². The van der Waals surface area contributed by atoms with Crippen LogP contribution in [0.15, 0.2) is 24.3 Å². The number of hydrogen-bond acceptors (Lipinski definition) is 2. The van der Waals surface area contributed by atoms with Crippen LogP contribution in [0.5, 0.6) is 0 Å². The molecule has 0 bridgehead atoms. The number of primary amides is 1. The Morgan fingerprint density at radius 2 is 1.60 bits per heavy atom. The number of amides is 2. The molecule has 3 N–H and O–H groups in total.